The van der Waals surface area contributed by atoms with E-state index in [9.17, 15) is 9.59 Å². The van der Waals surface area contributed by atoms with Gasteiger partial charge in [-0.05, 0) is 19.3 Å². The maximum absolute atomic E-state index is 12.4. The van der Waals surface area contributed by atoms with Crippen LogP contribution in [0.5, 0.6) is 0 Å². The van der Waals surface area contributed by atoms with Gasteiger partial charge in [0.05, 0.1) is 13.7 Å². The summed E-state index contributed by atoms with van der Waals surface area (Å²) in [6.45, 7) is 2.48. The number of carbonyl (C=O) groups is 2. The molecule has 0 radical (unpaired) electrons. The number of nitrogens with zero attached hydrogens (tertiary/aromatic N) is 2. The normalized spacial score (nSPS) is 13.9. The fourth-order valence-electron chi connectivity index (χ4n) is 2.38. The molecule has 0 bridgehead atoms. The van der Waals surface area contributed by atoms with Gasteiger partial charge in [0.25, 0.3) is 0 Å². The molecule has 0 saturated heterocycles. The maximum atomic E-state index is 12.4. The summed E-state index contributed by atoms with van der Waals surface area (Å²) < 4.78 is 9.88. The summed E-state index contributed by atoms with van der Waals surface area (Å²) in [6.07, 6.45) is 8.25. The number of ether oxygens (including phenoxy) is 1. The van der Waals surface area contributed by atoms with Gasteiger partial charge < -0.3 is 14.1 Å². The van der Waals surface area contributed by atoms with E-state index in [4.69, 9.17) is 4.42 Å². The van der Waals surface area contributed by atoms with Crippen molar-refractivity contribution in [3.8, 4) is 0 Å². The molecule has 1 aliphatic rings. The van der Waals surface area contributed by atoms with Crippen molar-refractivity contribution in [2.45, 2.75) is 64.5 Å². The lowest BCUT2D eigenvalue weighted by atomic mass is 10.1. The third-order valence-electron chi connectivity index (χ3n) is 3.80. The third-order valence-corrected chi connectivity index (χ3v) is 3.80. The second kappa shape index (κ2) is 7.96. The van der Waals surface area contributed by atoms with Crippen molar-refractivity contribution >= 4 is 11.9 Å². The van der Waals surface area contributed by atoms with Crippen LogP contribution in [0.3, 0.4) is 0 Å². The molecule has 122 valence electrons. The summed E-state index contributed by atoms with van der Waals surface area (Å²) in [4.78, 5) is 29.6. The molecule has 1 heterocycles. The number of esters is 1. The summed E-state index contributed by atoms with van der Waals surface area (Å²) in [7, 11) is 1.30. The van der Waals surface area contributed by atoms with Crippen molar-refractivity contribution in [3.63, 3.8) is 0 Å². The van der Waals surface area contributed by atoms with E-state index >= 15 is 0 Å². The Kier molecular flexibility index (Phi) is 5.98. The molecule has 1 saturated carbocycles. The van der Waals surface area contributed by atoms with Gasteiger partial charge in [-0.1, -0.05) is 26.2 Å². The summed E-state index contributed by atoms with van der Waals surface area (Å²) in [5.41, 5.74) is 0.142. The van der Waals surface area contributed by atoms with Crippen LogP contribution in [0.25, 0.3) is 0 Å². The van der Waals surface area contributed by atoms with Gasteiger partial charge in [0.15, 0.2) is 5.69 Å². The van der Waals surface area contributed by atoms with Crippen molar-refractivity contribution in [1.82, 2.24) is 9.88 Å². The van der Waals surface area contributed by atoms with Crippen molar-refractivity contribution in [3.05, 3.63) is 17.8 Å². The van der Waals surface area contributed by atoms with Crippen LogP contribution >= 0.6 is 0 Å². The minimum atomic E-state index is -0.529. The highest BCUT2D eigenvalue weighted by Crippen LogP contribution is 2.29. The smallest absolute Gasteiger partial charge is 0.360 e. The number of hydrogen-bond donors (Lipinski definition) is 0. The van der Waals surface area contributed by atoms with Gasteiger partial charge in [0.1, 0.15) is 6.26 Å². The first kappa shape index (κ1) is 16.5. The molecule has 6 heteroatoms. The predicted molar refractivity (Wildman–Crippen MR) is 80.2 cm³/mol. The Hall–Kier alpha value is -1.85. The fourth-order valence-corrected chi connectivity index (χ4v) is 2.38. The molecule has 1 aromatic heterocycles. The summed E-state index contributed by atoms with van der Waals surface area (Å²) >= 11 is 0. The third kappa shape index (κ3) is 4.58. The molecule has 0 unspecified atom stereocenters. The molecule has 1 aromatic rings. The molecule has 6 nitrogen and oxygen atoms in total. The molecule has 1 amide bonds. The zero-order valence-electron chi connectivity index (χ0n) is 13.3. The van der Waals surface area contributed by atoms with E-state index < -0.39 is 5.97 Å². The fraction of sp³-hybridized carbons (Fsp3) is 0.688. The van der Waals surface area contributed by atoms with Crippen LogP contribution in [0, 0.1) is 0 Å². The van der Waals surface area contributed by atoms with Gasteiger partial charge in [-0.2, -0.15) is 0 Å². The highest BCUT2D eigenvalue weighted by Gasteiger charge is 2.33. The largest absolute Gasteiger partial charge is 0.464 e. The monoisotopic (exact) mass is 308 g/mol. The van der Waals surface area contributed by atoms with Crippen molar-refractivity contribution in [2.75, 3.05) is 7.11 Å². The zero-order valence-corrected chi connectivity index (χ0v) is 13.3. The molecular formula is C16H24N2O4. The molecule has 0 atom stereocenters. The SMILES string of the molecule is CCCCCCC(=O)N(Cc1nc(C(=O)OC)co1)C1CC1. The van der Waals surface area contributed by atoms with Crippen molar-refractivity contribution in [2.24, 2.45) is 0 Å². The van der Waals surface area contributed by atoms with Crippen LogP contribution < -0.4 is 0 Å². The molecule has 0 aliphatic heterocycles. The molecule has 0 N–H and O–H groups in total. The van der Waals surface area contributed by atoms with Crippen LogP contribution in [-0.2, 0) is 16.1 Å². The van der Waals surface area contributed by atoms with E-state index in [2.05, 4.69) is 16.6 Å². The Balaban J connectivity index is 1.90. The van der Waals surface area contributed by atoms with E-state index in [0.717, 1.165) is 32.1 Å². The quantitative estimate of drug-likeness (QED) is 0.518. The highest BCUT2D eigenvalue weighted by atomic mass is 16.5. The average Bonchev–Trinajstić information content (AvgIpc) is 3.26. The molecule has 1 aliphatic carbocycles. The Bertz CT molecular complexity index is 508. The Labute approximate surface area is 130 Å². The van der Waals surface area contributed by atoms with Crippen LogP contribution in [0.1, 0.15) is 68.2 Å². The lowest BCUT2D eigenvalue weighted by Gasteiger charge is -2.20. The molecule has 22 heavy (non-hydrogen) atoms. The van der Waals surface area contributed by atoms with Crippen molar-refractivity contribution in [1.29, 1.82) is 0 Å². The van der Waals surface area contributed by atoms with Crippen LogP contribution in [-0.4, -0.2) is 34.9 Å². The topological polar surface area (TPSA) is 72.6 Å². The number of methoxy groups -OCH3 is 1. The van der Waals surface area contributed by atoms with Crippen LogP contribution in [0.15, 0.2) is 10.7 Å². The van der Waals surface area contributed by atoms with Crippen molar-refractivity contribution < 1.29 is 18.7 Å². The molecule has 0 spiro atoms. The van der Waals surface area contributed by atoms with Gasteiger partial charge in [-0.15, -0.1) is 0 Å². The predicted octanol–water partition coefficient (Wildman–Crippen LogP) is 2.92. The van der Waals surface area contributed by atoms with E-state index in [1.165, 1.54) is 19.8 Å². The number of rotatable bonds is 9. The number of carbonyl (C=O) groups excluding carboxylic acids is 2. The summed E-state index contributed by atoms with van der Waals surface area (Å²) in [5, 5.41) is 0. The summed E-state index contributed by atoms with van der Waals surface area (Å²) in [6, 6.07) is 0.298. The Morgan fingerprint density at radius 2 is 2.14 bits per heavy atom. The van der Waals surface area contributed by atoms with Gasteiger partial charge in [-0.3, -0.25) is 4.79 Å². The highest BCUT2D eigenvalue weighted by molar-refractivity contribution is 5.86. The lowest BCUT2D eigenvalue weighted by Crippen LogP contribution is -2.32. The lowest BCUT2D eigenvalue weighted by molar-refractivity contribution is -0.132. The van der Waals surface area contributed by atoms with Gasteiger partial charge in [0.2, 0.25) is 11.8 Å². The Morgan fingerprint density at radius 3 is 2.77 bits per heavy atom. The van der Waals surface area contributed by atoms with E-state index in [-0.39, 0.29) is 11.6 Å². The van der Waals surface area contributed by atoms with E-state index in [1.807, 2.05) is 4.90 Å². The second-order valence-corrected chi connectivity index (χ2v) is 5.68. The van der Waals surface area contributed by atoms with Crippen LogP contribution in [0.4, 0.5) is 0 Å². The first-order chi connectivity index (χ1) is 10.7. The molecular weight excluding hydrogens is 284 g/mol. The Morgan fingerprint density at radius 1 is 1.36 bits per heavy atom. The van der Waals surface area contributed by atoms with Gasteiger partial charge in [-0.25, -0.2) is 9.78 Å². The van der Waals surface area contributed by atoms with E-state index in [0.29, 0.717) is 24.9 Å². The summed E-state index contributed by atoms with van der Waals surface area (Å²) in [5.74, 6) is 0.00416. The molecule has 0 aromatic carbocycles. The molecule has 1 fully saturated rings. The number of oxazole rings is 1. The number of aromatic nitrogens is 1. The molecule has 2 rings (SSSR count). The number of amides is 1. The average molecular weight is 308 g/mol. The van der Waals surface area contributed by atoms with E-state index in [1.54, 1.807) is 0 Å². The first-order valence-electron chi connectivity index (χ1n) is 7.98. The number of hydrogen-bond acceptors (Lipinski definition) is 5. The van der Waals surface area contributed by atoms with Gasteiger partial charge in [0, 0.05) is 12.5 Å². The van der Waals surface area contributed by atoms with Gasteiger partial charge >= 0.3 is 5.97 Å². The zero-order chi connectivity index (χ0) is 15.9. The number of unbranched alkanes of at least 4 members (excludes halogenated alkanes) is 3. The minimum absolute atomic E-state index is 0.142. The van der Waals surface area contributed by atoms with Crippen LogP contribution in [0.2, 0.25) is 0 Å². The maximum Gasteiger partial charge on any atom is 0.360 e. The standard InChI is InChI=1S/C16H24N2O4/c1-3-4-5-6-7-15(19)18(12-8-9-12)10-14-17-13(11-22-14)16(20)21-2/h11-12H,3-10H2,1-2H3. The first-order valence-corrected chi connectivity index (χ1v) is 7.98. The second-order valence-electron chi connectivity index (χ2n) is 5.68. The minimum Gasteiger partial charge on any atom is -0.464 e.